The third kappa shape index (κ3) is 1.31. The lowest BCUT2D eigenvalue weighted by Gasteiger charge is -2.24. The first-order chi connectivity index (χ1) is 4.83. The van der Waals surface area contributed by atoms with Crippen molar-refractivity contribution in [2.45, 2.75) is 44.6 Å². The number of hydrogen-bond donors (Lipinski definition) is 0. The first-order valence-electron chi connectivity index (χ1n) is 3.94. The Morgan fingerprint density at radius 1 is 1.50 bits per heavy atom. The fraction of sp³-hybridized carbons (Fsp3) is 0.875. The molecule has 0 saturated heterocycles. The lowest BCUT2D eigenvalue weighted by molar-refractivity contribution is -0.143. The molecule has 0 heterocycles. The van der Waals surface area contributed by atoms with Crippen molar-refractivity contribution in [2.24, 2.45) is 0 Å². The minimum Gasteiger partial charge on any atom is -0.461 e. The fourth-order valence-corrected chi connectivity index (χ4v) is 1.68. The Kier molecular flexibility index (Phi) is 2.30. The molecule has 0 aromatic carbocycles. The summed E-state index contributed by atoms with van der Waals surface area (Å²) in [6.07, 6.45) is 5.50. The normalized spacial score (nSPS) is 22.5. The average molecular weight is 142 g/mol. The predicted octanol–water partition coefficient (Wildman–Crippen LogP) is 1.88. The Labute approximate surface area is 61.6 Å². The quantitative estimate of drug-likeness (QED) is 0.562. The van der Waals surface area contributed by atoms with E-state index in [2.05, 4.69) is 6.92 Å². The van der Waals surface area contributed by atoms with Crippen LogP contribution in [0.15, 0.2) is 0 Å². The number of ether oxygens (including phenoxy) is 1. The van der Waals surface area contributed by atoms with Crippen molar-refractivity contribution in [1.82, 2.24) is 0 Å². The maximum atomic E-state index is 10.1. The summed E-state index contributed by atoms with van der Waals surface area (Å²) in [4.78, 5) is 10.1. The Hall–Kier alpha value is -0.530. The Morgan fingerprint density at radius 2 is 2.10 bits per heavy atom. The summed E-state index contributed by atoms with van der Waals surface area (Å²) >= 11 is 0. The van der Waals surface area contributed by atoms with Gasteiger partial charge in [0.15, 0.2) is 0 Å². The van der Waals surface area contributed by atoms with Gasteiger partial charge in [0.2, 0.25) is 0 Å². The molecule has 0 radical (unpaired) electrons. The van der Waals surface area contributed by atoms with Crippen molar-refractivity contribution in [2.75, 3.05) is 0 Å². The second-order valence-electron chi connectivity index (χ2n) is 2.96. The summed E-state index contributed by atoms with van der Waals surface area (Å²) in [6, 6.07) is 0. The molecule has 0 N–H and O–H groups in total. The van der Waals surface area contributed by atoms with E-state index in [1.165, 1.54) is 12.8 Å². The molecule has 58 valence electrons. The number of rotatable bonds is 3. The van der Waals surface area contributed by atoms with E-state index in [0.717, 1.165) is 19.3 Å². The summed E-state index contributed by atoms with van der Waals surface area (Å²) in [5, 5.41) is 0. The monoisotopic (exact) mass is 142 g/mol. The first kappa shape index (κ1) is 7.58. The lowest BCUT2D eigenvalue weighted by Crippen LogP contribution is -2.26. The molecule has 0 aromatic heterocycles. The van der Waals surface area contributed by atoms with Gasteiger partial charge in [0.1, 0.15) is 5.60 Å². The molecule has 1 aliphatic carbocycles. The van der Waals surface area contributed by atoms with Gasteiger partial charge in [-0.15, -0.1) is 0 Å². The van der Waals surface area contributed by atoms with Crippen LogP contribution in [0, 0.1) is 0 Å². The smallest absolute Gasteiger partial charge is 0.293 e. The van der Waals surface area contributed by atoms with Crippen LogP contribution in [0.4, 0.5) is 0 Å². The molecule has 0 amide bonds. The standard InChI is InChI=1S/C8H14O2/c1-2-8(10-7-9)5-3-4-6-8/h7H,2-6H2,1H3. The highest BCUT2D eigenvalue weighted by atomic mass is 16.5. The van der Waals surface area contributed by atoms with Crippen LogP contribution in [0.2, 0.25) is 0 Å². The summed E-state index contributed by atoms with van der Waals surface area (Å²) in [5.41, 5.74) is -0.0816. The molecule has 10 heavy (non-hydrogen) atoms. The summed E-state index contributed by atoms with van der Waals surface area (Å²) in [6.45, 7) is 2.67. The van der Waals surface area contributed by atoms with Gasteiger partial charge in [0.05, 0.1) is 0 Å². The molecule has 0 bridgehead atoms. The minimum absolute atomic E-state index is 0.0816. The highest BCUT2D eigenvalue weighted by Gasteiger charge is 2.33. The van der Waals surface area contributed by atoms with Gasteiger partial charge in [-0.2, -0.15) is 0 Å². The minimum atomic E-state index is -0.0816. The zero-order valence-corrected chi connectivity index (χ0v) is 6.43. The van der Waals surface area contributed by atoms with Crippen molar-refractivity contribution < 1.29 is 9.53 Å². The van der Waals surface area contributed by atoms with Gasteiger partial charge < -0.3 is 4.74 Å². The molecule has 1 aliphatic rings. The van der Waals surface area contributed by atoms with Gasteiger partial charge in [-0.1, -0.05) is 6.92 Å². The second kappa shape index (κ2) is 3.04. The Bertz CT molecular complexity index is 114. The molecular weight excluding hydrogens is 128 g/mol. The van der Waals surface area contributed by atoms with Gasteiger partial charge >= 0.3 is 0 Å². The Morgan fingerprint density at radius 3 is 2.50 bits per heavy atom. The van der Waals surface area contributed by atoms with E-state index >= 15 is 0 Å². The maximum Gasteiger partial charge on any atom is 0.293 e. The molecule has 2 heteroatoms. The predicted molar refractivity (Wildman–Crippen MR) is 38.6 cm³/mol. The summed E-state index contributed by atoms with van der Waals surface area (Å²) in [5.74, 6) is 0. The molecule has 2 nitrogen and oxygen atoms in total. The number of carbonyl (C=O) groups is 1. The van der Waals surface area contributed by atoms with E-state index in [9.17, 15) is 4.79 Å². The average Bonchev–Trinajstić information content (AvgIpc) is 2.39. The van der Waals surface area contributed by atoms with Crippen LogP contribution in [-0.4, -0.2) is 12.1 Å². The third-order valence-electron chi connectivity index (χ3n) is 2.46. The molecule has 0 aromatic rings. The van der Waals surface area contributed by atoms with Crippen molar-refractivity contribution in [3.05, 3.63) is 0 Å². The van der Waals surface area contributed by atoms with Crippen LogP contribution in [0.25, 0.3) is 0 Å². The van der Waals surface area contributed by atoms with Gasteiger partial charge in [-0.25, -0.2) is 0 Å². The SMILES string of the molecule is CCC1(OC=O)CCCC1. The van der Waals surface area contributed by atoms with E-state index in [1.807, 2.05) is 0 Å². The largest absolute Gasteiger partial charge is 0.461 e. The van der Waals surface area contributed by atoms with E-state index in [4.69, 9.17) is 4.74 Å². The van der Waals surface area contributed by atoms with Crippen LogP contribution in [-0.2, 0) is 9.53 Å². The van der Waals surface area contributed by atoms with Gasteiger partial charge in [0, 0.05) is 0 Å². The van der Waals surface area contributed by atoms with Crippen LogP contribution in [0.5, 0.6) is 0 Å². The highest BCUT2D eigenvalue weighted by molar-refractivity contribution is 5.38. The second-order valence-corrected chi connectivity index (χ2v) is 2.96. The zero-order valence-electron chi connectivity index (χ0n) is 6.43. The molecule has 0 aliphatic heterocycles. The zero-order chi connectivity index (χ0) is 7.45. The van der Waals surface area contributed by atoms with Crippen molar-refractivity contribution in [1.29, 1.82) is 0 Å². The molecule has 0 spiro atoms. The number of hydrogen-bond acceptors (Lipinski definition) is 2. The van der Waals surface area contributed by atoms with Crippen LogP contribution >= 0.6 is 0 Å². The molecule has 1 rings (SSSR count). The van der Waals surface area contributed by atoms with Gasteiger partial charge in [0.25, 0.3) is 6.47 Å². The Balaban J connectivity index is 2.48. The van der Waals surface area contributed by atoms with Crippen LogP contribution in [0.3, 0.4) is 0 Å². The van der Waals surface area contributed by atoms with Crippen LogP contribution < -0.4 is 0 Å². The lowest BCUT2D eigenvalue weighted by atomic mass is 9.99. The molecular formula is C8H14O2. The first-order valence-corrected chi connectivity index (χ1v) is 3.94. The highest BCUT2D eigenvalue weighted by Crippen LogP contribution is 2.35. The summed E-state index contributed by atoms with van der Waals surface area (Å²) in [7, 11) is 0. The van der Waals surface area contributed by atoms with E-state index < -0.39 is 0 Å². The maximum absolute atomic E-state index is 10.1. The molecule has 0 atom stereocenters. The molecule has 1 saturated carbocycles. The topological polar surface area (TPSA) is 26.3 Å². The summed E-state index contributed by atoms with van der Waals surface area (Å²) < 4.78 is 5.06. The van der Waals surface area contributed by atoms with Gasteiger partial charge in [-0.3, -0.25) is 4.79 Å². The molecule has 0 unspecified atom stereocenters. The van der Waals surface area contributed by atoms with Crippen molar-refractivity contribution in [3.63, 3.8) is 0 Å². The van der Waals surface area contributed by atoms with Crippen molar-refractivity contribution >= 4 is 6.47 Å². The third-order valence-corrected chi connectivity index (χ3v) is 2.46. The van der Waals surface area contributed by atoms with Crippen LogP contribution in [0.1, 0.15) is 39.0 Å². The van der Waals surface area contributed by atoms with E-state index in [0.29, 0.717) is 6.47 Å². The van der Waals surface area contributed by atoms with Crippen molar-refractivity contribution in [3.8, 4) is 0 Å². The molecule has 1 fully saturated rings. The van der Waals surface area contributed by atoms with E-state index in [-0.39, 0.29) is 5.60 Å². The van der Waals surface area contributed by atoms with E-state index in [1.54, 1.807) is 0 Å². The number of carbonyl (C=O) groups excluding carboxylic acids is 1. The fourth-order valence-electron chi connectivity index (χ4n) is 1.68. The van der Waals surface area contributed by atoms with Gasteiger partial charge in [-0.05, 0) is 32.1 Å².